The van der Waals surface area contributed by atoms with E-state index in [-0.39, 0.29) is 18.2 Å². The Kier molecular flexibility index (Phi) is 7.75. The maximum absolute atomic E-state index is 13.3. The number of carbonyl (C=O) groups is 1. The summed E-state index contributed by atoms with van der Waals surface area (Å²) in [5.41, 5.74) is 3.53. The van der Waals surface area contributed by atoms with E-state index < -0.39 is 0 Å². The summed E-state index contributed by atoms with van der Waals surface area (Å²) in [6.07, 6.45) is 0.220. The van der Waals surface area contributed by atoms with Gasteiger partial charge in [-0.05, 0) is 54.4 Å². The molecule has 0 aliphatic carbocycles. The molecule has 0 radical (unpaired) electrons. The number of rotatable bonds is 8. The van der Waals surface area contributed by atoms with Crippen LogP contribution >= 0.6 is 11.8 Å². The highest BCUT2D eigenvalue weighted by Crippen LogP contribution is 2.44. The van der Waals surface area contributed by atoms with Crippen molar-refractivity contribution in [3.05, 3.63) is 94.5 Å². The van der Waals surface area contributed by atoms with Crippen LogP contribution in [0.25, 0.3) is 0 Å². The summed E-state index contributed by atoms with van der Waals surface area (Å²) in [5.74, 6) is 2.31. The molecule has 194 valence electrons. The molecule has 2 aliphatic rings. The van der Waals surface area contributed by atoms with Gasteiger partial charge >= 0.3 is 0 Å². The molecule has 3 aromatic carbocycles. The van der Waals surface area contributed by atoms with E-state index in [0.717, 1.165) is 27.6 Å². The second-order valence-electron chi connectivity index (χ2n) is 8.98. The number of anilines is 1. The molecule has 2 heterocycles. The van der Waals surface area contributed by atoms with Crippen molar-refractivity contribution in [3.63, 3.8) is 0 Å². The first-order valence-corrected chi connectivity index (χ1v) is 13.5. The molecule has 1 atom stereocenters. The second kappa shape index (κ2) is 11.5. The van der Waals surface area contributed by atoms with Crippen LogP contribution in [-0.2, 0) is 11.4 Å². The summed E-state index contributed by atoms with van der Waals surface area (Å²) in [6.45, 7) is 3.39. The molecule has 0 unspecified atom stereocenters. The highest BCUT2D eigenvalue weighted by molar-refractivity contribution is 8.03. The van der Waals surface area contributed by atoms with Gasteiger partial charge in [0.25, 0.3) is 0 Å². The van der Waals surface area contributed by atoms with Crippen molar-refractivity contribution >= 4 is 23.4 Å². The summed E-state index contributed by atoms with van der Waals surface area (Å²) in [6, 6.07) is 25.8. The fraction of sp³-hybridized carbons (Fsp3) is 0.267. The third kappa shape index (κ3) is 5.29. The highest BCUT2D eigenvalue weighted by atomic mass is 32.2. The van der Waals surface area contributed by atoms with Crippen molar-refractivity contribution in [2.24, 2.45) is 0 Å². The van der Waals surface area contributed by atoms with Gasteiger partial charge in [0, 0.05) is 18.0 Å². The number of methoxy groups -OCH3 is 1. The van der Waals surface area contributed by atoms with Crippen LogP contribution in [0, 0.1) is 11.3 Å². The number of hydrogen-bond donors (Lipinski definition) is 0. The monoisotopic (exact) mass is 527 g/mol. The van der Waals surface area contributed by atoms with Crippen LogP contribution in [0.5, 0.6) is 17.2 Å². The summed E-state index contributed by atoms with van der Waals surface area (Å²) < 4.78 is 17.2. The van der Waals surface area contributed by atoms with Crippen molar-refractivity contribution in [1.29, 1.82) is 5.26 Å². The van der Waals surface area contributed by atoms with E-state index in [0.29, 0.717) is 42.8 Å². The summed E-state index contributed by atoms with van der Waals surface area (Å²) in [5, 5.41) is 10.9. The Morgan fingerprint density at radius 3 is 2.53 bits per heavy atom. The second-order valence-corrected chi connectivity index (χ2v) is 9.91. The molecule has 0 spiro atoms. The lowest BCUT2D eigenvalue weighted by Gasteiger charge is -2.42. The van der Waals surface area contributed by atoms with Gasteiger partial charge < -0.3 is 19.1 Å². The van der Waals surface area contributed by atoms with E-state index in [1.807, 2.05) is 79.7 Å². The lowest BCUT2D eigenvalue weighted by atomic mass is 9.86. The first-order valence-electron chi connectivity index (χ1n) is 12.5. The van der Waals surface area contributed by atoms with E-state index in [1.54, 1.807) is 12.0 Å². The summed E-state index contributed by atoms with van der Waals surface area (Å²) in [4.78, 5) is 17.2. The topological polar surface area (TPSA) is 75.0 Å². The van der Waals surface area contributed by atoms with Crippen LogP contribution in [0.1, 0.15) is 30.4 Å². The molecular formula is C30H29N3O4S. The quantitative estimate of drug-likeness (QED) is 0.361. The number of carbonyl (C=O) groups excluding carboxylic acids is 1. The molecule has 7 nitrogen and oxygen atoms in total. The Hall–Kier alpha value is -4.09. The van der Waals surface area contributed by atoms with Crippen LogP contribution in [0.4, 0.5) is 5.69 Å². The van der Waals surface area contributed by atoms with Crippen molar-refractivity contribution in [2.45, 2.75) is 25.9 Å². The van der Waals surface area contributed by atoms with Crippen molar-refractivity contribution in [2.75, 3.05) is 31.2 Å². The van der Waals surface area contributed by atoms with Gasteiger partial charge in [-0.15, -0.1) is 0 Å². The van der Waals surface area contributed by atoms with Gasteiger partial charge in [0.2, 0.25) is 5.91 Å². The molecule has 1 fully saturated rings. The normalized spacial score (nSPS) is 17.1. The molecule has 38 heavy (non-hydrogen) atoms. The largest absolute Gasteiger partial charge is 0.494 e. The van der Waals surface area contributed by atoms with Gasteiger partial charge in [-0.25, -0.2) is 0 Å². The average molecular weight is 528 g/mol. The van der Waals surface area contributed by atoms with Crippen molar-refractivity contribution in [3.8, 4) is 23.3 Å². The minimum atomic E-state index is -0.333. The highest BCUT2D eigenvalue weighted by Gasteiger charge is 2.38. The van der Waals surface area contributed by atoms with E-state index in [9.17, 15) is 10.1 Å². The molecule has 0 bridgehead atoms. The summed E-state index contributed by atoms with van der Waals surface area (Å²) in [7, 11) is 1.60. The number of hydrogen-bond acceptors (Lipinski definition) is 7. The smallest absolute Gasteiger partial charge is 0.229 e. The number of amides is 1. The molecule has 0 aromatic heterocycles. The third-order valence-corrected chi connectivity index (χ3v) is 7.79. The Morgan fingerprint density at radius 2 is 1.82 bits per heavy atom. The molecule has 8 heteroatoms. The molecule has 3 aromatic rings. The van der Waals surface area contributed by atoms with Crippen LogP contribution in [0.3, 0.4) is 0 Å². The first-order chi connectivity index (χ1) is 18.6. The predicted molar refractivity (Wildman–Crippen MR) is 148 cm³/mol. The zero-order valence-electron chi connectivity index (χ0n) is 21.4. The van der Waals surface area contributed by atoms with E-state index >= 15 is 0 Å². The minimum absolute atomic E-state index is 0.00416. The molecule has 1 amide bonds. The Bertz CT molecular complexity index is 1370. The molecule has 1 saturated heterocycles. The first kappa shape index (κ1) is 25.6. The fourth-order valence-electron chi connectivity index (χ4n) is 4.69. The van der Waals surface area contributed by atoms with Crippen LogP contribution in [0.2, 0.25) is 0 Å². The molecular weight excluding hydrogens is 498 g/mol. The molecule has 2 aliphatic heterocycles. The molecule has 0 saturated carbocycles. The van der Waals surface area contributed by atoms with Gasteiger partial charge in [0.15, 0.2) is 11.5 Å². The average Bonchev–Trinajstić information content (AvgIpc) is 2.97. The molecule has 0 N–H and O–H groups in total. The van der Waals surface area contributed by atoms with Gasteiger partial charge in [-0.1, -0.05) is 48.2 Å². The SMILES string of the molecule is CCOc1ccc(N2CSC3=C(C#N)[C@@H](c4ccc(OCc5ccccc5)c(OC)c4)CC(=O)N3C2)cc1. The number of thioether (sulfide) groups is 1. The zero-order chi connectivity index (χ0) is 26.5. The molecule has 5 rings (SSSR count). The van der Waals surface area contributed by atoms with Gasteiger partial charge in [0.05, 0.1) is 42.9 Å². The van der Waals surface area contributed by atoms with Crippen LogP contribution in [0.15, 0.2) is 83.4 Å². The Labute approximate surface area is 227 Å². The van der Waals surface area contributed by atoms with Crippen molar-refractivity contribution < 1.29 is 19.0 Å². The Morgan fingerprint density at radius 1 is 1.03 bits per heavy atom. The standard InChI is InChI=1S/C30H29N3O4S/c1-3-36-24-12-10-23(11-13-24)32-19-33-29(34)16-25(26(17-31)30(33)38-20-32)22-9-14-27(28(15-22)35-2)37-18-21-7-5-4-6-8-21/h4-15,25H,3,16,18-20H2,1-2H3/t25-/m1/s1. The Balaban J connectivity index is 1.36. The lowest BCUT2D eigenvalue weighted by molar-refractivity contribution is -0.129. The number of nitriles is 1. The lowest BCUT2D eigenvalue weighted by Crippen LogP contribution is -2.47. The van der Waals surface area contributed by atoms with Gasteiger partial charge in [-0.2, -0.15) is 5.26 Å². The number of benzene rings is 3. The predicted octanol–water partition coefficient (Wildman–Crippen LogP) is 5.89. The van der Waals surface area contributed by atoms with Gasteiger partial charge in [0.1, 0.15) is 12.4 Å². The van der Waals surface area contributed by atoms with Crippen LogP contribution in [-0.4, -0.2) is 37.1 Å². The van der Waals surface area contributed by atoms with E-state index in [1.165, 1.54) is 11.8 Å². The maximum atomic E-state index is 13.3. The number of allylic oxidation sites excluding steroid dienone is 1. The van der Waals surface area contributed by atoms with Crippen LogP contribution < -0.4 is 19.1 Å². The zero-order valence-corrected chi connectivity index (χ0v) is 22.2. The fourth-order valence-corrected chi connectivity index (χ4v) is 5.85. The van der Waals surface area contributed by atoms with E-state index in [4.69, 9.17) is 14.2 Å². The summed E-state index contributed by atoms with van der Waals surface area (Å²) >= 11 is 1.52. The number of ether oxygens (including phenoxy) is 3. The third-order valence-electron chi connectivity index (χ3n) is 6.63. The number of nitrogens with zero attached hydrogens (tertiary/aromatic N) is 3. The van der Waals surface area contributed by atoms with Crippen molar-refractivity contribution in [1.82, 2.24) is 4.90 Å². The number of fused-ring (bicyclic) bond motifs is 1. The minimum Gasteiger partial charge on any atom is -0.494 e. The van der Waals surface area contributed by atoms with Gasteiger partial charge in [-0.3, -0.25) is 9.69 Å². The maximum Gasteiger partial charge on any atom is 0.229 e. The van der Waals surface area contributed by atoms with E-state index in [2.05, 4.69) is 11.0 Å².